The number of hydrogen-bond donors (Lipinski definition) is 0. The van der Waals surface area contributed by atoms with Crippen LogP contribution in [0.25, 0.3) is 5.82 Å². The topological polar surface area (TPSA) is 51.0 Å². The molecule has 2 aromatic heterocycles. The number of pyridine rings is 1. The molecule has 1 aliphatic rings. The minimum absolute atomic E-state index is 0.0727. The van der Waals surface area contributed by atoms with E-state index in [1.54, 1.807) is 16.9 Å². The van der Waals surface area contributed by atoms with E-state index in [1.807, 2.05) is 47.5 Å². The first-order valence-corrected chi connectivity index (χ1v) is 7.62. The number of carbonyl (C=O) groups excluding carboxylic acids is 1. The monoisotopic (exact) mass is 304 g/mol. The third kappa shape index (κ3) is 2.30. The van der Waals surface area contributed by atoms with Crippen LogP contribution in [0.5, 0.6) is 0 Å². The van der Waals surface area contributed by atoms with Gasteiger partial charge in [0.1, 0.15) is 5.69 Å². The maximum atomic E-state index is 13.0. The normalized spacial score (nSPS) is 16.4. The molecular formula is C18H16N4O. The largest absolute Gasteiger partial charge is 0.304 e. The molecule has 0 radical (unpaired) electrons. The van der Waals surface area contributed by atoms with Gasteiger partial charge in [-0.3, -0.25) is 4.79 Å². The van der Waals surface area contributed by atoms with Crippen LogP contribution in [0.2, 0.25) is 0 Å². The van der Waals surface area contributed by atoms with Gasteiger partial charge in [0.2, 0.25) is 0 Å². The molecule has 0 saturated heterocycles. The molecule has 0 saturated carbocycles. The van der Waals surface area contributed by atoms with Crippen LogP contribution in [0, 0.1) is 0 Å². The van der Waals surface area contributed by atoms with Crippen molar-refractivity contribution in [3.63, 3.8) is 0 Å². The van der Waals surface area contributed by atoms with Gasteiger partial charge in [-0.2, -0.15) is 5.10 Å². The molecule has 3 heterocycles. The average molecular weight is 304 g/mol. The highest BCUT2D eigenvalue weighted by Crippen LogP contribution is 2.32. The molecular weight excluding hydrogens is 288 g/mol. The Labute approximate surface area is 134 Å². The lowest BCUT2D eigenvalue weighted by molar-refractivity contribution is 0.0976. The van der Waals surface area contributed by atoms with Crippen LogP contribution in [0.3, 0.4) is 0 Å². The molecule has 0 fully saturated rings. The molecule has 1 aliphatic heterocycles. The predicted molar refractivity (Wildman–Crippen MR) is 87.8 cm³/mol. The molecule has 23 heavy (non-hydrogen) atoms. The molecule has 4 rings (SSSR count). The number of nitrogens with zero attached hydrogens (tertiary/aromatic N) is 4. The van der Waals surface area contributed by atoms with Crippen LogP contribution in [-0.4, -0.2) is 26.7 Å². The van der Waals surface area contributed by atoms with Crippen LogP contribution < -0.4 is 4.90 Å². The highest BCUT2D eigenvalue weighted by atomic mass is 16.2. The summed E-state index contributed by atoms with van der Waals surface area (Å²) in [4.78, 5) is 19.3. The summed E-state index contributed by atoms with van der Waals surface area (Å²) in [7, 11) is 0. The molecule has 0 spiro atoms. The quantitative estimate of drug-likeness (QED) is 0.731. The number of fused-ring (bicyclic) bond motifs is 1. The van der Waals surface area contributed by atoms with Crippen LogP contribution in [0.1, 0.15) is 23.0 Å². The van der Waals surface area contributed by atoms with E-state index in [-0.39, 0.29) is 11.9 Å². The molecule has 0 N–H and O–H groups in total. The Morgan fingerprint density at radius 3 is 2.83 bits per heavy atom. The first kappa shape index (κ1) is 13.7. The molecule has 114 valence electrons. The lowest BCUT2D eigenvalue weighted by Gasteiger charge is -2.22. The summed E-state index contributed by atoms with van der Waals surface area (Å²) >= 11 is 0. The Morgan fingerprint density at radius 1 is 1.13 bits per heavy atom. The van der Waals surface area contributed by atoms with E-state index in [0.29, 0.717) is 11.5 Å². The fraction of sp³-hybridized carbons (Fsp3) is 0.167. The Kier molecular flexibility index (Phi) is 3.19. The number of para-hydroxylation sites is 1. The summed E-state index contributed by atoms with van der Waals surface area (Å²) in [6, 6.07) is 15.4. The molecule has 0 bridgehead atoms. The van der Waals surface area contributed by atoms with Gasteiger partial charge in [0, 0.05) is 24.1 Å². The molecule has 1 atom stereocenters. The van der Waals surface area contributed by atoms with Gasteiger partial charge in [0.15, 0.2) is 5.82 Å². The molecule has 1 amide bonds. The van der Waals surface area contributed by atoms with Crippen molar-refractivity contribution in [3.05, 3.63) is 72.2 Å². The van der Waals surface area contributed by atoms with Crippen LogP contribution in [0.4, 0.5) is 5.69 Å². The molecule has 0 aliphatic carbocycles. The SMILES string of the molecule is C[C@H]1Cc2ccccc2N1C(=O)c1cccc(-n2cccn2)n1. The van der Waals surface area contributed by atoms with E-state index in [1.165, 1.54) is 5.56 Å². The van der Waals surface area contributed by atoms with Crippen LogP contribution >= 0.6 is 0 Å². The summed E-state index contributed by atoms with van der Waals surface area (Å²) in [6.45, 7) is 2.06. The van der Waals surface area contributed by atoms with Gasteiger partial charge in [-0.15, -0.1) is 0 Å². The van der Waals surface area contributed by atoms with Crippen molar-refractivity contribution < 1.29 is 4.79 Å². The van der Waals surface area contributed by atoms with Crippen molar-refractivity contribution in [1.29, 1.82) is 0 Å². The molecule has 1 aromatic carbocycles. The number of benzene rings is 1. The Morgan fingerprint density at radius 2 is 2.00 bits per heavy atom. The third-order valence-corrected chi connectivity index (χ3v) is 4.12. The number of carbonyl (C=O) groups is 1. The summed E-state index contributed by atoms with van der Waals surface area (Å²) < 4.78 is 1.65. The number of anilines is 1. The second-order valence-electron chi connectivity index (χ2n) is 5.69. The number of amides is 1. The first-order chi connectivity index (χ1) is 11.2. The first-order valence-electron chi connectivity index (χ1n) is 7.62. The summed E-state index contributed by atoms with van der Waals surface area (Å²) in [5, 5.41) is 4.16. The van der Waals surface area contributed by atoms with Gasteiger partial charge >= 0.3 is 0 Å². The van der Waals surface area contributed by atoms with E-state index in [0.717, 1.165) is 12.1 Å². The zero-order valence-corrected chi connectivity index (χ0v) is 12.8. The summed E-state index contributed by atoms with van der Waals surface area (Å²) in [6.07, 6.45) is 4.38. The van der Waals surface area contributed by atoms with Crippen molar-refractivity contribution in [2.45, 2.75) is 19.4 Å². The van der Waals surface area contributed by atoms with Gasteiger partial charge < -0.3 is 4.90 Å². The summed E-state index contributed by atoms with van der Waals surface area (Å²) in [5.74, 6) is 0.567. The Balaban J connectivity index is 1.71. The maximum absolute atomic E-state index is 13.0. The lowest BCUT2D eigenvalue weighted by atomic mass is 10.1. The second-order valence-corrected chi connectivity index (χ2v) is 5.69. The van der Waals surface area contributed by atoms with E-state index in [2.05, 4.69) is 23.1 Å². The molecule has 5 heteroatoms. The molecule has 0 unspecified atom stereocenters. The number of rotatable bonds is 2. The van der Waals surface area contributed by atoms with Crippen molar-refractivity contribution >= 4 is 11.6 Å². The van der Waals surface area contributed by atoms with E-state index in [9.17, 15) is 4.79 Å². The van der Waals surface area contributed by atoms with Crippen molar-refractivity contribution in [3.8, 4) is 5.82 Å². The third-order valence-electron chi connectivity index (χ3n) is 4.12. The predicted octanol–water partition coefficient (Wildman–Crippen LogP) is 2.86. The lowest BCUT2D eigenvalue weighted by Crippen LogP contribution is -2.36. The highest BCUT2D eigenvalue weighted by Gasteiger charge is 2.31. The van der Waals surface area contributed by atoms with Gasteiger partial charge in [0.25, 0.3) is 5.91 Å². The van der Waals surface area contributed by atoms with Gasteiger partial charge in [-0.1, -0.05) is 24.3 Å². The fourth-order valence-electron chi connectivity index (χ4n) is 3.07. The van der Waals surface area contributed by atoms with Gasteiger partial charge in [0.05, 0.1) is 0 Å². The zero-order valence-electron chi connectivity index (χ0n) is 12.8. The van der Waals surface area contributed by atoms with E-state index in [4.69, 9.17) is 0 Å². The maximum Gasteiger partial charge on any atom is 0.277 e. The van der Waals surface area contributed by atoms with Crippen molar-refractivity contribution in [2.24, 2.45) is 0 Å². The van der Waals surface area contributed by atoms with Crippen molar-refractivity contribution in [1.82, 2.24) is 14.8 Å². The van der Waals surface area contributed by atoms with E-state index < -0.39 is 0 Å². The Hall–Kier alpha value is -2.95. The standard InChI is InChI=1S/C18H16N4O/c1-13-12-14-6-2-3-8-16(14)22(13)18(23)15-7-4-9-17(20-15)21-11-5-10-19-21/h2-11,13H,12H2,1H3/t13-/m0/s1. The van der Waals surface area contributed by atoms with E-state index >= 15 is 0 Å². The van der Waals surface area contributed by atoms with Crippen molar-refractivity contribution in [2.75, 3.05) is 4.90 Å². The van der Waals surface area contributed by atoms with Gasteiger partial charge in [-0.05, 0) is 43.2 Å². The number of aromatic nitrogens is 3. The minimum atomic E-state index is -0.0727. The minimum Gasteiger partial charge on any atom is -0.304 e. The smallest absolute Gasteiger partial charge is 0.277 e. The van der Waals surface area contributed by atoms with Crippen LogP contribution in [0.15, 0.2) is 60.9 Å². The molecule has 5 nitrogen and oxygen atoms in total. The zero-order chi connectivity index (χ0) is 15.8. The highest BCUT2D eigenvalue weighted by molar-refractivity contribution is 6.06. The fourth-order valence-corrected chi connectivity index (χ4v) is 3.07. The second kappa shape index (κ2) is 5.35. The molecule has 3 aromatic rings. The van der Waals surface area contributed by atoms with Crippen LogP contribution in [-0.2, 0) is 6.42 Å². The summed E-state index contributed by atoms with van der Waals surface area (Å²) in [5.41, 5.74) is 2.62. The average Bonchev–Trinajstić information content (AvgIpc) is 3.21. The Bertz CT molecular complexity index is 857. The van der Waals surface area contributed by atoms with Gasteiger partial charge in [-0.25, -0.2) is 9.67 Å². The number of hydrogen-bond acceptors (Lipinski definition) is 3.